The van der Waals surface area contributed by atoms with E-state index in [0.29, 0.717) is 30.9 Å². The molecule has 3 aromatic carbocycles. The molecule has 1 unspecified atom stereocenters. The first-order valence-corrected chi connectivity index (χ1v) is 15.3. The summed E-state index contributed by atoms with van der Waals surface area (Å²) in [6, 6.07) is 23.2. The summed E-state index contributed by atoms with van der Waals surface area (Å²) in [5.41, 5.74) is 5.86. The van der Waals surface area contributed by atoms with Crippen molar-refractivity contribution in [3.63, 3.8) is 0 Å². The summed E-state index contributed by atoms with van der Waals surface area (Å²) in [5.74, 6) is 1.16. The van der Waals surface area contributed by atoms with E-state index in [9.17, 15) is 13.2 Å². The van der Waals surface area contributed by atoms with Gasteiger partial charge in [0.25, 0.3) is 5.91 Å². The number of amides is 1. The molecule has 0 saturated heterocycles. The van der Waals surface area contributed by atoms with E-state index in [0.717, 1.165) is 53.0 Å². The topological polar surface area (TPSA) is 95.6 Å². The van der Waals surface area contributed by atoms with Crippen LogP contribution in [0.1, 0.15) is 52.6 Å². The molecule has 1 aliphatic heterocycles. The third kappa shape index (κ3) is 6.11. The molecule has 0 aliphatic carbocycles. The molecule has 8 nitrogen and oxygen atoms in total. The first-order chi connectivity index (χ1) is 19.3. The molecule has 0 bridgehead atoms. The Kier molecular flexibility index (Phi) is 8.04. The molecule has 1 aromatic heterocycles. The van der Waals surface area contributed by atoms with E-state index < -0.39 is 10.1 Å². The number of carbonyl (C=O) groups excluding carboxylic acids is 1. The minimum atomic E-state index is -3.62. The highest BCUT2D eigenvalue weighted by Gasteiger charge is 2.30. The van der Waals surface area contributed by atoms with Crippen molar-refractivity contribution in [2.45, 2.75) is 32.9 Å². The third-order valence-corrected chi connectivity index (χ3v) is 7.76. The van der Waals surface area contributed by atoms with E-state index in [1.807, 2.05) is 91.7 Å². The molecule has 2 heterocycles. The molecule has 0 spiro atoms. The molecular weight excluding hydrogens is 524 g/mol. The fourth-order valence-electron chi connectivity index (χ4n) is 5.34. The Balaban J connectivity index is 1.48. The number of carbonyl (C=O) groups is 1. The van der Waals surface area contributed by atoms with Crippen molar-refractivity contribution in [3.8, 4) is 17.1 Å². The van der Waals surface area contributed by atoms with Gasteiger partial charge in [0.15, 0.2) is 0 Å². The molecule has 1 N–H and O–H groups in total. The minimum absolute atomic E-state index is 0.0194. The van der Waals surface area contributed by atoms with Gasteiger partial charge in [0.1, 0.15) is 11.6 Å². The monoisotopic (exact) mass is 558 g/mol. The lowest BCUT2D eigenvalue weighted by atomic mass is 9.87. The fraction of sp³-hybridized carbons (Fsp3) is 0.290. The molecule has 5 rings (SSSR count). The molecule has 208 valence electrons. The van der Waals surface area contributed by atoms with Gasteiger partial charge < -0.3 is 14.1 Å². The van der Waals surface area contributed by atoms with Crippen LogP contribution in [0.5, 0.6) is 5.75 Å². The number of H-pyrrole nitrogens is 1. The molecule has 4 aromatic rings. The van der Waals surface area contributed by atoms with E-state index >= 15 is 0 Å². The Morgan fingerprint density at radius 2 is 1.77 bits per heavy atom. The van der Waals surface area contributed by atoms with E-state index in [1.165, 1.54) is 0 Å². The van der Waals surface area contributed by atoms with Crippen molar-refractivity contribution in [2.75, 3.05) is 25.9 Å². The summed E-state index contributed by atoms with van der Waals surface area (Å²) in [7, 11) is -3.62. The summed E-state index contributed by atoms with van der Waals surface area (Å²) in [4.78, 5) is 25.2. The second-order valence-electron chi connectivity index (χ2n) is 9.99. The molecular formula is C31H34N4O4S. The zero-order chi connectivity index (χ0) is 28.3. The number of benzene rings is 3. The Hall–Kier alpha value is -3.95. The van der Waals surface area contributed by atoms with Crippen LogP contribution in [-0.2, 0) is 23.1 Å². The van der Waals surface area contributed by atoms with Gasteiger partial charge in [-0.25, -0.2) is 4.98 Å². The molecule has 1 amide bonds. The number of hydrogen-bond acceptors (Lipinski definition) is 6. The van der Waals surface area contributed by atoms with Crippen LogP contribution in [0.25, 0.3) is 11.4 Å². The van der Waals surface area contributed by atoms with Crippen molar-refractivity contribution in [1.82, 2.24) is 19.8 Å². The zero-order valence-electron chi connectivity index (χ0n) is 23.0. The highest BCUT2D eigenvalue weighted by Crippen LogP contribution is 2.38. The minimum Gasteiger partial charge on any atom is -0.383 e. The zero-order valence-corrected chi connectivity index (χ0v) is 23.8. The van der Waals surface area contributed by atoms with Crippen LogP contribution < -0.4 is 4.18 Å². The predicted molar refractivity (Wildman–Crippen MR) is 156 cm³/mol. The number of nitrogens with one attached hydrogen (secondary N) is 1. The largest absolute Gasteiger partial charge is 0.383 e. The van der Waals surface area contributed by atoms with Crippen LogP contribution in [0.2, 0.25) is 0 Å². The molecule has 1 atom stereocenters. The Bertz CT molecular complexity index is 1580. The summed E-state index contributed by atoms with van der Waals surface area (Å²) in [5, 5.41) is 0. The van der Waals surface area contributed by atoms with Crippen molar-refractivity contribution in [3.05, 3.63) is 107 Å². The number of imidazole rings is 1. The van der Waals surface area contributed by atoms with Crippen LogP contribution in [0.3, 0.4) is 0 Å². The smallest absolute Gasteiger partial charge is 0.306 e. The molecule has 0 radical (unpaired) electrons. The van der Waals surface area contributed by atoms with Gasteiger partial charge in [-0.15, -0.1) is 0 Å². The number of rotatable bonds is 9. The van der Waals surface area contributed by atoms with Gasteiger partial charge in [-0.2, -0.15) is 8.42 Å². The first-order valence-electron chi connectivity index (χ1n) is 13.5. The van der Waals surface area contributed by atoms with Gasteiger partial charge in [0, 0.05) is 49.2 Å². The first kappa shape index (κ1) is 27.6. The molecule has 40 heavy (non-hydrogen) atoms. The highest BCUT2D eigenvalue weighted by atomic mass is 32.2. The normalized spacial score (nSPS) is 15.4. The average molecular weight is 559 g/mol. The number of aromatic nitrogens is 2. The Morgan fingerprint density at radius 3 is 2.45 bits per heavy atom. The Labute approximate surface area is 235 Å². The van der Waals surface area contributed by atoms with Gasteiger partial charge in [0.2, 0.25) is 0 Å². The van der Waals surface area contributed by atoms with E-state index in [-0.39, 0.29) is 11.9 Å². The van der Waals surface area contributed by atoms with Crippen molar-refractivity contribution >= 4 is 16.0 Å². The number of nitrogens with zero attached hydrogens (tertiary/aromatic N) is 3. The van der Waals surface area contributed by atoms with Crippen molar-refractivity contribution < 1.29 is 17.4 Å². The van der Waals surface area contributed by atoms with E-state index in [1.54, 1.807) is 6.07 Å². The van der Waals surface area contributed by atoms with E-state index in [2.05, 4.69) is 14.9 Å². The standard InChI is InChI=1S/C31H34N4O4S/c1-4-34(5-2)31(36)24-13-11-22(12-14-24)29-28-16-15-27(39-40(3,37)38)19-25(28)17-18-35(29)21-26-20-32-30(33-26)23-9-7-6-8-10-23/h6-16,19-20,29H,4-5,17-18,21H2,1-3H3,(H,32,33). The number of fused-ring (bicyclic) bond motifs is 1. The van der Waals surface area contributed by atoms with E-state index in [4.69, 9.17) is 4.18 Å². The average Bonchev–Trinajstić information content (AvgIpc) is 3.42. The van der Waals surface area contributed by atoms with Crippen LogP contribution in [-0.4, -0.2) is 60.0 Å². The summed E-state index contributed by atoms with van der Waals surface area (Å²) in [6.45, 7) is 6.67. The third-order valence-electron chi connectivity index (χ3n) is 7.26. The SMILES string of the molecule is CCN(CC)C(=O)c1ccc(C2c3ccc(OS(C)(=O)=O)cc3CCN2Cc2cnc(-c3ccccc3)[nH]2)cc1. The predicted octanol–water partition coefficient (Wildman–Crippen LogP) is 5.04. The number of hydrogen-bond donors (Lipinski definition) is 1. The quantitative estimate of drug-likeness (QED) is 0.289. The highest BCUT2D eigenvalue weighted by molar-refractivity contribution is 7.86. The molecule has 9 heteroatoms. The molecule has 0 saturated carbocycles. The summed E-state index contributed by atoms with van der Waals surface area (Å²) in [6.07, 6.45) is 3.67. The lowest BCUT2D eigenvalue weighted by molar-refractivity contribution is 0.0773. The maximum Gasteiger partial charge on any atom is 0.306 e. The maximum atomic E-state index is 12.9. The lowest BCUT2D eigenvalue weighted by Gasteiger charge is -2.37. The summed E-state index contributed by atoms with van der Waals surface area (Å²) >= 11 is 0. The summed E-state index contributed by atoms with van der Waals surface area (Å²) < 4.78 is 28.6. The van der Waals surface area contributed by atoms with Crippen LogP contribution in [0.4, 0.5) is 0 Å². The van der Waals surface area contributed by atoms with Gasteiger partial charge in [-0.05, 0) is 61.2 Å². The maximum absolute atomic E-state index is 12.9. The Morgan fingerprint density at radius 1 is 1.05 bits per heavy atom. The van der Waals surface area contributed by atoms with Crippen molar-refractivity contribution in [1.29, 1.82) is 0 Å². The van der Waals surface area contributed by atoms with Gasteiger partial charge in [-0.1, -0.05) is 48.5 Å². The lowest BCUT2D eigenvalue weighted by Crippen LogP contribution is -2.36. The molecule has 0 fully saturated rings. The van der Waals surface area contributed by atoms with Crippen LogP contribution >= 0.6 is 0 Å². The fourth-order valence-corrected chi connectivity index (χ4v) is 5.80. The second-order valence-corrected chi connectivity index (χ2v) is 11.6. The molecule has 1 aliphatic rings. The number of aromatic amines is 1. The second kappa shape index (κ2) is 11.7. The van der Waals surface area contributed by atoms with Gasteiger partial charge in [-0.3, -0.25) is 9.69 Å². The van der Waals surface area contributed by atoms with Crippen LogP contribution in [0.15, 0.2) is 79.0 Å². The van der Waals surface area contributed by atoms with Gasteiger partial charge >= 0.3 is 10.1 Å². The van der Waals surface area contributed by atoms with Crippen LogP contribution in [0, 0.1) is 0 Å². The van der Waals surface area contributed by atoms with Crippen molar-refractivity contribution in [2.24, 2.45) is 0 Å². The van der Waals surface area contributed by atoms with Gasteiger partial charge in [0.05, 0.1) is 12.3 Å².